The Hall–Kier alpha value is -2.85. The van der Waals surface area contributed by atoms with Crippen molar-refractivity contribution in [2.24, 2.45) is 5.92 Å². The molecule has 1 atom stereocenters. The zero-order valence-electron chi connectivity index (χ0n) is 12.5. The Morgan fingerprint density at radius 1 is 1.12 bits per heavy atom. The van der Waals surface area contributed by atoms with E-state index in [1.807, 2.05) is 0 Å². The van der Waals surface area contributed by atoms with Gasteiger partial charge in [-0.1, -0.05) is 29.8 Å². The number of carbonyl (C=O) groups is 2. The Kier molecular flexibility index (Phi) is 5.45. The summed E-state index contributed by atoms with van der Waals surface area (Å²) in [6.45, 7) is 0. The van der Waals surface area contributed by atoms with Crippen molar-refractivity contribution in [3.05, 3.63) is 64.7 Å². The second-order valence-corrected chi connectivity index (χ2v) is 5.38. The maximum absolute atomic E-state index is 12.9. The molecule has 2 aromatic carbocycles. The topological polar surface area (TPSA) is 70.0 Å². The van der Waals surface area contributed by atoms with Crippen molar-refractivity contribution >= 4 is 29.0 Å². The largest absolute Gasteiger partial charge is 0.417 e. The molecule has 2 rings (SSSR count). The van der Waals surface area contributed by atoms with E-state index in [1.165, 1.54) is 6.07 Å². The molecule has 0 bridgehead atoms. The molecule has 0 aliphatic heterocycles. The summed E-state index contributed by atoms with van der Waals surface area (Å²) in [4.78, 5) is 24.4. The highest BCUT2D eigenvalue weighted by molar-refractivity contribution is 6.31. The SMILES string of the molecule is N#CC(C(=O)Nc1ccccc1)C(=O)c1ccc(Cl)c(C(F)(F)F)c1. The number of alkyl halides is 3. The van der Waals surface area contributed by atoms with Crippen molar-refractivity contribution in [1.82, 2.24) is 0 Å². The molecule has 25 heavy (non-hydrogen) atoms. The van der Waals surface area contributed by atoms with Crippen LogP contribution in [0.15, 0.2) is 48.5 Å². The summed E-state index contributed by atoms with van der Waals surface area (Å²) in [6.07, 6.45) is -4.76. The van der Waals surface area contributed by atoms with Gasteiger partial charge in [0, 0.05) is 11.3 Å². The molecule has 0 radical (unpaired) electrons. The van der Waals surface area contributed by atoms with E-state index in [9.17, 15) is 22.8 Å². The fourth-order valence-electron chi connectivity index (χ4n) is 2.03. The van der Waals surface area contributed by atoms with Gasteiger partial charge in [0.05, 0.1) is 16.7 Å². The number of nitrogens with zero attached hydrogens (tertiary/aromatic N) is 1. The highest BCUT2D eigenvalue weighted by atomic mass is 35.5. The van der Waals surface area contributed by atoms with E-state index in [2.05, 4.69) is 5.32 Å². The molecule has 1 amide bonds. The number of nitrogens with one attached hydrogen (secondary N) is 1. The lowest BCUT2D eigenvalue weighted by Crippen LogP contribution is -2.29. The zero-order chi connectivity index (χ0) is 18.6. The lowest BCUT2D eigenvalue weighted by molar-refractivity contribution is -0.137. The van der Waals surface area contributed by atoms with Crippen molar-refractivity contribution < 1.29 is 22.8 Å². The summed E-state index contributed by atoms with van der Waals surface area (Å²) in [6, 6.07) is 12.0. The van der Waals surface area contributed by atoms with Crippen molar-refractivity contribution in [2.45, 2.75) is 6.18 Å². The van der Waals surface area contributed by atoms with Crippen LogP contribution >= 0.6 is 11.6 Å². The first-order valence-corrected chi connectivity index (χ1v) is 7.28. The summed E-state index contributed by atoms with van der Waals surface area (Å²) in [7, 11) is 0. The molecule has 128 valence electrons. The number of carbonyl (C=O) groups excluding carboxylic acids is 2. The quantitative estimate of drug-likeness (QED) is 0.647. The van der Waals surface area contributed by atoms with Crippen LogP contribution in [0.25, 0.3) is 0 Å². The molecule has 4 nitrogen and oxygen atoms in total. The molecule has 0 aliphatic rings. The normalized spacial score (nSPS) is 12.1. The summed E-state index contributed by atoms with van der Waals surface area (Å²) < 4.78 is 38.6. The molecule has 0 fully saturated rings. The third kappa shape index (κ3) is 4.37. The second kappa shape index (κ2) is 7.36. The van der Waals surface area contributed by atoms with Crippen molar-refractivity contribution in [3.63, 3.8) is 0 Å². The van der Waals surface area contributed by atoms with Gasteiger partial charge in [-0.05, 0) is 30.3 Å². The minimum atomic E-state index is -4.76. The van der Waals surface area contributed by atoms with Gasteiger partial charge in [0.1, 0.15) is 0 Å². The van der Waals surface area contributed by atoms with Gasteiger partial charge in [-0.2, -0.15) is 18.4 Å². The van der Waals surface area contributed by atoms with Gasteiger partial charge in [0.15, 0.2) is 11.7 Å². The van der Waals surface area contributed by atoms with Crippen LogP contribution in [0.4, 0.5) is 18.9 Å². The number of Topliss-reactive ketones (excluding diaryl/α,β-unsaturated/α-hetero) is 1. The number of amides is 1. The molecular weight excluding hydrogens is 357 g/mol. The number of ketones is 1. The van der Waals surface area contributed by atoms with Gasteiger partial charge in [0.2, 0.25) is 5.91 Å². The minimum Gasteiger partial charge on any atom is -0.325 e. The Morgan fingerprint density at radius 3 is 2.32 bits per heavy atom. The standard InChI is InChI=1S/C17H10ClF3N2O2/c18-14-7-6-10(8-13(14)17(19,20)21)15(24)12(9-22)16(25)23-11-4-2-1-3-5-11/h1-8,12H,(H,23,25). The fourth-order valence-corrected chi connectivity index (χ4v) is 2.26. The van der Waals surface area contributed by atoms with Crippen LogP contribution in [0.5, 0.6) is 0 Å². The van der Waals surface area contributed by atoms with Crippen LogP contribution in [-0.4, -0.2) is 11.7 Å². The molecule has 0 spiro atoms. The van der Waals surface area contributed by atoms with Crippen LogP contribution in [0, 0.1) is 17.2 Å². The molecule has 0 saturated heterocycles. The van der Waals surface area contributed by atoms with Crippen molar-refractivity contribution in [3.8, 4) is 6.07 Å². The third-order valence-electron chi connectivity index (χ3n) is 3.25. The van der Waals surface area contributed by atoms with Crippen LogP contribution < -0.4 is 5.32 Å². The maximum atomic E-state index is 12.9. The molecule has 0 aliphatic carbocycles. The number of anilines is 1. The first-order chi connectivity index (χ1) is 11.7. The third-order valence-corrected chi connectivity index (χ3v) is 3.58. The Labute approximate surface area is 145 Å². The molecule has 1 unspecified atom stereocenters. The average molecular weight is 367 g/mol. The van der Waals surface area contributed by atoms with E-state index in [1.54, 1.807) is 30.3 Å². The number of hydrogen-bond acceptors (Lipinski definition) is 3. The maximum Gasteiger partial charge on any atom is 0.417 e. The number of hydrogen-bond donors (Lipinski definition) is 1. The summed E-state index contributed by atoms with van der Waals surface area (Å²) in [5.41, 5.74) is -1.28. The first kappa shape index (κ1) is 18.5. The van der Waals surface area contributed by atoms with E-state index in [4.69, 9.17) is 16.9 Å². The van der Waals surface area contributed by atoms with Crippen LogP contribution in [0.3, 0.4) is 0 Å². The molecule has 0 heterocycles. The van der Waals surface area contributed by atoms with Crippen molar-refractivity contribution in [2.75, 3.05) is 5.32 Å². The summed E-state index contributed by atoms with van der Waals surface area (Å²) >= 11 is 5.49. The van der Waals surface area contributed by atoms with E-state index >= 15 is 0 Å². The predicted octanol–water partition coefficient (Wildman–Crippen LogP) is 4.32. The minimum absolute atomic E-state index is 0.354. The highest BCUT2D eigenvalue weighted by Crippen LogP contribution is 2.35. The number of benzene rings is 2. The lowest BCUT2D eigenvalue weighted by Gasteiger charge is -2.13. The number of halogens is 4. The van der Waals surface area contributed by atoms with E-state index in [0.717, 1.165) is 12.1 Å². The highest BCUT2D eigenvalue weighted by Gasteiger charge is 2.35. The smallest absolute Gasteiger partial charge is 0.325 e. The van der Waals surface area contributed by atoms with Gasteiger partial charge < -0.3 is 5.32 Å². The molecule has 1 N–H and O–H groups in total. The molecule has 0 saturated carbocycles. The molecule has 2 aromatic rings. The van der Waals surface area contributed by atoms with Crippen LogP contribution in [0.1, 0.15) is 15.9 Å². The number of nitriles is 1. The summed E-state index contributed by atoms with van der Waals surface area (Å²) in [5, 5.41) is 10.9. The molecular formula is C17H10ClF3N2O2. The van der Waals surface area contributed by atoms with Gasteiger partial charge >= 0.3 is 6.18 Å². The monoisotopic (exact) mass is 366 g/mol. The second-order valence-electron chi connectivity index (χ2n) is 4.97. The number of rotatable bonds is 4. The predicted molar refractivity (Wildman–Crippen MR) is 85.0 cm³/mol. The van der Waals surface area contributed by atoms with Gasteiger partial charge in [-0.25, -0.2) is 0 Å². The van der Waals surface area contributed by atoms with E-state index in [0.29, 0.717) is 11.8 Å². The van der Waals surface area contributed by atoms with Gasteiger partial charge in [0.25, 0.3) is 0 Å². The molecule has 0 aromatic heterocycles. The van der Waals surface area contributed by atoms with Crippen LogP contribution in [0.2, 0.25) is 5.02 Å². The lowest BCUT2D eigenvalue weighted by atomic mass is 9.96. The Balaban J connectivity index is 2.28. The number of para-hydroxylation sites is 1. The molecule has 8 heteroatoms. The van der Waals surface area contributed by atoms with Crippen molar-refractivity contribution in [1.29, 1.82) is 5.26 Å². The van der Waals surface area contributed by atoms with Crippen LogP contribution in [-0.2, 0) is 11.0 Å². The van der Waals surface area contributed by atoms with Gasteiger partial charge in [-0.3, -0.25) is 9.59 Å². The average Bonchev–Trinajstić information content (AvgIpc) is 2.55. The first-order valence-electron chi connectivity index (χ1n) is 6.90. The Bertz CT molecular complexity index is 845. The zero-order valence-corrected chi connectivity index (χ0v) is 13.2. The van der Waals surface area contributed by atoms with Gasteiger partial charge in [-0.15, -0.1) is 0 Å². The Morgan fingerprint density at radius 2 is 1.76 bits per heavy atom. The fraction of sp³-hybridized carbons (Fsp3) is 0.118. The van der Waals surface area contributed by atoms with E-state index < -0.39 is 39.9 Å². The van der Waals surface area contributed by atoms with E-state index in [-0.39, 0.29) is 0 Å². The summed E-state index contributed by atoms with van der Waals surface area (Å²) in [5.74, 6) is -3.76.